The lowest BCUT2D eigenvalue weighted by Crippen LogP contribution is -3.06. The number of halogens is 1. The average Bonchev–Trinajstić information content (AvgIpc) is 2.67. The third kappa shape index (κ3) is 5.16. The number of hydrogen-bond acceptors (Lipinski definition) is 2. The standard InChI is InChI=1S/C22H25ClN4O2/c1-15-7-6-8-16-13-17(21(28)25-20(15)16)14-27(12-11-26(2)3)22(29)24-19-10-5-4-9-18(19)23/h4-10,13H,11-12,14H2,1-3H3,(H,24,29)(H,25,28)/p+1. The zero-order chi connectivity index (χ0) is 21.0. The van der Waals surface area contributed by atoms with Crippen molar-refractivity contribution in [3.8, 4) is 0 Å². The fourth-order valence-electron chi connectivity index (χ4n) is 3.12. The van der Waals surface area contributed by atoms with Crippen molar-refractivity contribution in [1.82, 2.24) is 9.88 Å². The van der Waals surface area contributed by atoms with E-state index in [2.05, 4.69) is 10.3 Å². The number of hydrogen-bond donors (Lipinski definition) is 3. The SMILES string of the molecule is Cc1cccc2cc(CN(CC[NH+](C)C)C(=O)Nc3ccccc3Cl)c(=O)[nH]c12. The molecule has 29 heavy (non-hydrogen) atoms. The molecule has 0 spiro atoms. The molecule has 2 amide bonds. The van der Waals surface area contributed by atoms with Crippen LogP contribution in [0.1, 0.15) is 11.1 Å². The Hall–Kier alpha value is -2.83. The van der Waals surface area contributed by atoms with Gasteiger partial charge < -0.3 is 20.1 Å². The number of amides is 2. The molecule has 0 atom stereocenters. The number of aryl methyl sites for hydroxylation is 1. The summed E-state index contributed by atoms with van der Waals surface area (Å²) >= 11 is 6.17. The van der Waals surface area contributed by atoms with Crippen LogP contribution in [-0.4, -0.2) is 43.1 Å². The largest absolute Gasteiger partial charge is 0.338 e. The Kier molecular flexibility index (Phi) is 6.56. The Morgan fingerprint density at radius 3 is 2.66 bits per heavy atom. The third-order valence-electron chi connectivity index (χ3n) is 4.81. The maximum atomic E-state index is 12.9. The Morgan fingerprint density at radius 2 is 1.93 bits per heavy atom. The van der Waals surface area contributed by atoms with Crippen molar-refractivity contribution >= 4 is 34.2 Å². The normalized spacial score (nSPS) is 11.1. The van der Waals surface area contributed by atoms with Gasteiger partial charge in [-0.2, -0.15) is 0 Å². The van der Waals surface area contributed by atoms with E-state index in [4.69, 9.17) is 11.6 Å². The van der Waals surface area contributed by atoms with E-state index in [1.807, 2.05) is 57.4 Å². The summed E-state index contributed by atoms with van der Waals surface area (Å²) < 4.78 is 0. The van der Waals surface area contributed by atoms with E-state index >= 15 is 0 Å². The number of pyridine rings is 1. The predicted molar refractivity (Wildman–Crippen MR) is 118 cm³/mol. The van der Waals surface area contributed by atoms with Gasteiger partial charge >= 0.3 is 6.03 Å². The molecule has 1 heterocycles. The minimum atomic E-state index is -0.289. The molecule has 6 nitrogen and oxygen atoms in total. The lowest BCUT2D eigenvalue weighted by atomic mass is 10.1. The second kappa shape index (κ2) is 9.11. The first-order valence-corrected chi connectivity index (χ1v) is 9.94. The van der Waals surface area contributed by atoms with Gasteiger partial charge in [-0.3, -0.25) is 4.79 Å². The summed E-state index contributed by atoms with van der Waals surface area (Å²) in [6.07, 6.45) is 0. The van der Waals surface area contributed by atoms with Crippen LogP contribution in [-0.2, 0) is 6.54 Å². The quantitative estimate of drug-likeness (QED) is 0.581. The number of urea groups is 1. The summed E-state index contributed by atoms with van der Waals surface area (Å²) in [6, 6.07) is 14.5. The molecule has 0 saturated heterocycles. The van der Waals surface area contributed by atoms with Crippen molar-refractivity contribution in [2.45, 2.75) is 13.5 Å². The van der Waals surface area contributed by atoms with Gasteiger partial charge in [-0.1, -0.05) is 41.9 Å². The van der Waals surface area contributed by atoms with E-state index in [0.717, 1.165) is 23.0 Å². The highest BCUT2D eigenvalue weighted by Gasteiger charge is 2.18. The Labute approximate surface area is 175 Å². The molecule has 0 unspecified atom stereocenters. The minimum absolute atomic E-state index is 0.181. The summed E-state index contributed by atoms with van der Waals surface area (Å²) in [5.74, 6) is 0. The van der Waals surface area contributed by atoms with E-state index in [1.54, 1.807) is 17.0 Å². The number of aromatic amines is 1. The van der Waals surface area contributed by atoms with Crippen LogP contribution in [0.5, 0.6) is 0 Å². The van der Waals surface area contributed by atoms with Crippen molar-refractivity contribution < 1.29 is 9.69 Å². The van der Waals surface area contributed by atoms with Crippen molar-refractivity contribution in [3.05, 3.63) is 75.0 Å². The van der Waals surface area contributed by atoms with Gasteiger partial charge in [0.25, 0.3) is 5.56 Å². The van der Waals surface area contributed by atoms with Crippen LogP contribution in [0.25, 0.3) is 10.9 Å². The van der Waals surface area contributed by atoms with Gasteiger partial charge in [0.05, 0.1) is 50.0 Å². The second-order valence-electron chi connectivity index (χ2n) is 7.45. The van der Waals surface area contributed by atoms with E-state index < -0.39 is 0 Å². The highest BCUT2D eigenvalue weighted by atomic mass is 35.5. The molecule has 7 heteroatoms. The van der Waals surface area contributed by atoms with Crippen molar-refractivity contribution in [2.75, 3.05) is 32.5 Å². The molecular formula is C22H26ClN4O2+. The van der Waals surface area contributed by atoms with Gasteiger partial charge in [-0.15, -0.1) is 0 Å². The number of para-hydroxylation sites is 2. The molecule has 3 N–H and O–H groups in total. The van der Waals surface area contributed by atoms with Crippen LogP contribution in [0.2, 0.25) is 5.02 Å². The average molecular weight is 414 g/mol. The molecule has 0 fully saturated rings. The number of rotatable bonds is 6. The lowest BCUT2D eigenvalue weighted by molar-refractivity contribution is -0.857. The highest BCUT2D eigenvalue weighted by molar-refractivity contribution is 6.33. The summed E-state index contributed by atoms with van der Waals surface area (Å²) in [7, 11) is 4.05. The smallest absolute Gasteiger partial charge is 0.322 e. The lowest BCUT2D eigenvalue weighted by Gasteiger charge is -2.24. The van der Waals surface area contributed by atoms with Gasteiger partial charge in [0.1, 0.15) is 0 Å². The van der Waals surface area contributed by atoms with E-state index in [-0.39, 0.29) is 18.1 Å². The molecule has 0 bridgehead atoms. The first kappa shape index (κ1) is 20.9. The number of H-pyrrole nitrogens is 1. The number of nitrogens with one attached hydrogen (secondary N) is 3. The number of aromatic nitrogens is 1. The van der Waals surface area contributed by atoms with Gasteiger partial charge in [0.15, 0.2) is 0 Å². The molecule has 0 saturated carbocycles. The molecule has 3 rings (SSSR count). The molecule has 0 aliphatic carbocycles. The fraction of sp³-hybridized carbons (Fsp3) is 0.273. The highest BCUT2D eigenvalue weighted by Crippen LogP contribution is 2.21. The number of fused-ring (bicyclic) bond motifs is 1. The van der Waals surface area contributed by atoms with Crippen LogP contribution in [0.15, 0.2) is 53.3 Å². The molecule has 0 radical (unpaired) electrons. The summed E-state index contributed by atoms with van der Waals surface area (Å²) in [4.78, 5) is 31.4. The van der Waals surface area contributed by atoms with E-state index in [1.165, 1.54) is 4.90 Å². The van der Waals surface area contributed by atoms with Gasteiger partial charge in [0, 0.05) is 5.56 Å². The molecule has 3 aromatic rings. The first-order valence-electron chi connectivity index (χ1n) is 9.56. The van der Waals surface area contributed by atoms with Crippen molar-refractivity contribution in [2.24, 2.45) is 0 Å². The third-order valence-corrected chi connectivity index (χ3v) is 5.14. The summed E-state index contributed by atoms with van der Waals surface area (Å²) in [6.45, 7) is 3.42. The number of carbonyl (C=O) groups excluding carboxylic acids is 1. The number of nitrogens with zero attached hydrogens (tertiary/aromatic N) is 1. The van der Waals surface area contributed by atoms with Crippen LogP contribution in [0.4, 0.5) is 10.5 Å². The van der Waals surface area contributed by atoms with E-state index in [0.29, 0.717) is 22.8 Å². The predicted octanol–water partition coefficient (Wildman–Crippen LogP) is 2.67. The van der Waals surface area contributed by atoms with Crippen molar-refractivity contribution in [3.63, 3.8) is 0 Å². The molecule has 152 valence electrons. The second-order valence-corrected chi connectivity index (χ2v) is 7.86. The van der Waals surface area contributed by atoms with E-state index in [9.17, 15) is 9.59 Å². The first-order chi connectivity index (χ1) is 13.8. The number of carbonyl (C=O) groups is 1. The number of anilines is 1. The van der Waals surface area contributed by atoms with Crippen LogP contribution in [0, 0.1) is 6.92 Å². The molecule has 0 aliphatic heterocycles. The molecular weight excluding hydrogens is 388 g/mol. The maximum absolute atomic E-state index is 12.9. The summed E-state index contributed by atoms with van der Waals surface area (Å²) in [5, 5.41) is 4.27. The van der Waals surface area contributed by atoms with Crippen molar-refractivity contribution in [1.29, 1.82) is 0 Å². The Morgan fingerprint density at radius 1 is 1.17 bits per heavy atom. The zero-order valence-electron chi connectivity index (χ0n) is 16.9. The van der Waals surface area contributed by atoms with Crippen LogP contribution >= 0.6 is 11.6 Å². The molecule has 1 aromatic heterocycles. The number of likely N-dealkylation sites (N-methyl/N-ethyl adjacent to an activating group) is 1. The van der Waals surface area contributed by atoms with Gasteiger partial charge in [-0.05, 0) is 36.1 Å². The van der Waals surface area contributed by atoms with Gasteiger partial charge in [-0.25, -0.2) is 4.79 Å². The molecule has 0 aliphatic rings. The summed E-state index contributed by atoms with van der Waals surface area (Å²) in [5.41, 5.74) is 2.75. The zero-order valence-corrected chi connectivity index (χ0v) is 17.6. The Balaban J connectivity index is 1.88. The fourth-order valence-corrected chi connectivity index (χ4v) is 3.30. The van der Waals surface area contributed by atoms with Crippen LogP contribution in [0.3, 0.4) is 0 Å². The van der Waals surface area contributed by atoms with Crippen LogP contribution < -0.4 is 15.8 Å². The number of quaternary nitrogens is 1. The number of benzene rings is 2. The minimum Gasteiger partial charge on any atom is -0.338 e. The Bertz CT molecular complexity index is 1080. The maximum Gasteiger partial charge on any atom is 0.322 e. The molecule has 2 aromatic carbocycles. The topological polar surface area (TPSA) is 69.6 Å². The monoisotopic (exact) mass is 413 g/mol. The van der Waals surface area contributed by atoms with Gasteiger partial charge in [0.2, 0.25) is 0 Å².